The third-order valence-electron chi connectivity index (χ3n) is 6.11. The second kappa shape index (κ2) is 8.68. The fourth-order valence-corrected chi connectivity index (χ4v) is 6.04. The molecule has 1 aromatic carbocycles. The molecule has 154 valence electrons. The highest BCUT2D eigenvalue weighted by Gasteiger charge is 2.36. The number of carbonyl (C=O) groups excluding carboxylic acids is 1. The fraction of sp³-hybridized carbons (Fsp3) is 0.455. The Labute approximate surface area is 190 Å². The number of amides is 1. The number of hydrogen-bond acceptors (Lipinski definition) is 4. The number of aryl methyl sites for hydroxylation is 2. The molecule has 2 heterocycles. The standard InChI is InChI=1S/C22H25ClIN3O2/c1-2-29-22(28)27-10-7-13(8-11-27)18-17-15(12-16(23)20(25)19(17)24)6-5-14-4-3-9-26-21(14)18/h3-4,9,12-13,18H,2,5-8,10-11,25H2,1H3/t18-/m0/s1. The van der Waals surface area contributed by atoms with Crippen LogP contribution in [0.1, 0.15) is 48.1 Å². The van der Waals surface area contributed by atoms with Gasteiger partial charge >= 0.3 is 6.09 Å². The lowest BCUT2D eigenvalue weighted by Gasteiger charge is -2.36. The first kappa shape index (κ1) is 20.7. The topological polar surface area (TPSA) is 68.5 Å². The molecule has 0 saturated carbocycles. The van der Waals surface area contributed by atoms with E-state index in [4.69, 9.17) is 27.1 Å². The van der Waals surface area contributed by atoms with E-state index in [9.17, 15) is 4.79 Å². The number of likely N-dealkylation sites (tertiary alicyclic amines) is 1. The summed E-state index contributed by atoms with van der Waals surface area (Å²) in [5.74, 6) is 0.555. The summed E-state index contributed by atoms with van der Waals surface area (Å²) in [7, 11) is 0. The maximum absolute atomic E-state index is 12.1. The van der Waals surface area contributed by atoms with Crippen LogP contribution in [0.5, 0.6) is 0 Å². The van der Waals surface area contributed by atoms with Gasteiger partial charge in [-0.25, -0.2) is 4.79 Å². The van der Waals surface area contributed by atoms with Crippen molar-refractivity contribution in [2.24, 2.45) is 5.92 Å². The Morgan fingerprint density at radius 2 is 2.07 bits per heavy atom. The third kappa shape index (κ3) is 3.93. The minimum absolute atomic E-state index is 0.166. The maximum Gasteiger partial charge on any atom is 0.409 e. The number of piperidine rings is 1. The predicted octanol–water partition coefficient (Wildman–Crippen LogP) is 5.02. The zero-order valence-electron chi connectivity index (χ0n) is 16.5. The summed E-state index contributed by atoms with van der Waals surface area (Å²) in [6.45, 7) is 3.66. The molecular weight excluding hydrogens is 501 g/mol. The van der Waals surface area contributed by atoms with Crippen LogP contribution >= 0.6 is 34.2 Å². The van der Waals surface area contributed by atoms with Crippen molar-refractivity contribution < 1.29 is 9.53 Å². The lowest BCUT2D eigenvalue weighted by atomic mass is 9.76. The Bertz CT molecular complexity index is 929. The van der Waals surface area contributed by atoms with Crippen molar-refractivity contribution in [3.63, 3.8) is 0 Å². The molecule has 4 rings (SSSR count). The van der Waals surface area contributed by atoms with Crippen molar-refractivity contribution in [1.82, 2.24) is 9.88 Å². The molecule has 1 atom stereocenters. The number of carbonyl (C=O) groups is 1. The molecule has 2 N–H and O–H groups in total. The first-order valence-corrected chi connectivity index (χ1v) is 11.6. The van der Waals surface area contributed by atoms with E-state index in [1.807, 2.05) is 30.2 Å². The van der Waals surface area contributed by atoms with Crippen LogP contribution in [-0.4, -0.2) is 35.7 Å². The van der Waals surface area contributed by atoms with Crippen molar-refractivity contribution in [3.05, 3.63) is 55.4 Å². The molecule has 1 aliphatic heterocycles. The number of nitrogens with two attached hydrogens (primary N) is 1. The Hall–Kier alpha value is -1.54. The van der Waals surface area contributed by atoms with Crippen LogP contribution in [0.3, 0.4) is 0 Å². The summed E-state index contributed by atoms with van der Waals surface area (Å²) in [6.07, 6.45) is 5.38. The van der Waals surface area contributed by atoms with Crippen LogP contribution in [0.15, 0.2) is 24.4 Å². The molecule has 0 bridgehead atoms. The van der Waals surface area contributed by atoms with Crippen molar-refractivity contribution in [1.29, 1.82) is 0 Å². The van der Waals surface area contributed by atoms with Crippen LogP contribution in [0.2, 0.25) is 5.02 Å². The predicted molar refractivity (Wildman–Crippen MR) is 123 cm³/mol. The highest BCUT2D eigenvalue weighted by atomic mass is 127. The minimum atomic E-state index is -0.212. The second-order valence-corrected chi connectivity index (χ2v) is 9.19. The van der Waals surface area contributed by atoms with Crippen LogP contribution in [0.25, 0.3) is 0 Å². The number of ether oxygens (including phenoxy) is 1. The van der Waals surface area contributed by atoms with Gasteiger partial charge in [0.15, 0.2) is 0 Å². The lowest BCUT2D eigenvalue weighted by Crippen LogP contribution is -2.40. The number of hydrogen-bond donors (Lipinski definition) is 1. The van der Waals surface area contributed by atoms with E-state index >= 15 is 0 Å². The first-order chi connectivity index (χ1) is 14.0. The zero-order valence-corrected chi connectivity index (χ0v) is 19.4. The number of nitrogen functional groups attached to an aromatic ring is 1. The molecule has 0 spiro atoms. The van der Waals surface area contributed by atoms with Crippen molar-refractivity contribution >= 4 is 46.0 Å². The van der Waals surface area contributed by atoms with Gasteiger partial charge in [0.25, 0.3) is 0 Å². The van der Waals surface area contributed by atoms with Gasteiger partial charge in [-0.3, -0.25) is 4.98 Å². The first-order valence-electron chi connectivity index (χ1n) is 10.1. The Morgan fingerprint density at radius 3 is 2.79 bits per heavy atom. The van der Waals surface area contributed by atoms with Crippen molar-refractivity contribution in [2.75, 3.05) is 25.4 Å². The van der Waals surface area contributed by atoms with E-state index in [0.29, 0.717) is 36.3 Å². The third-order valence-corrected chi connectivity index (χ3v) is 7.58. The summed E-state index contributed by atoms with van der Waals surface area (Å²) in [4.78, 5) is 18.8. The summed E-state index contributed by atoms with van der Waals surface area (Å²) >= 11 is 8.77. The van der Waals surface area contributed by atoms with Gasteiger partial charge in [0, 0.05) is 28.8 Å². The number of pyridine rings is 1. The fourth-order valence-electron chi connectivity index (χ4n) is 4.68. The molecule has 2 aromatic rings. The number of aromatic nitrogens is 1. The molecule has 1 amide bonds. The average Bonchev–Trinajstić information content (AvgIpc) is 2.89. The van der Waals surface area contributed by atoms with Crippen molar-refractivity contribution in [2.45, 2.75) is 38.5 Å². The van der Waals surface area contributed by atoms with Crippen LogP contribution in [0.4, 0.5) is 10.5 Å². The number of benzene rings is 1. The number of anilines is 1. The smallest absolute Gasteiger partial charge is 0.409 e. The molecule has 1 aromatic heterocycles. The van der Waals surface area contributed by atoms with Crippen LogP contribution < -0.4 is 5.73 Å². The van der Waals surface area contributed by atoms with Crippen molar-refractivity contribution in [3.8, 4) is 0 Å². The normalized spacial score (nSPS) is 19.3. The van der Waals surface area contributed by atoms with Gasteiger partial charge < -0.3 is 15.4 Å². The molecule has 29 heavy (non-hydrogen) atoms. The molecule has 5 nitrogen and oxygen atoms in total. The highest BCUT2D eigenvalue weighted by Crippen LogP contribution is 2.46. The molecule has 1 saturated heterocycles. The van der Waals surface area contributed by atoms with Gasteiger partial charge in [-0.15, -0.1) is 0 Å². The lowest BCUT2D eigenvalue weighted by molar-refractivity contribution is 0.0900. The largest absolute Gasteiger partial charge is 0.450 e. The highest BCUT2D eigenvalue weighted by molar-refractivity contribution is 14.1. The van der Waals surface area contributed by atoms with Gasteiger partial charge in [-0.05, 0) is 89.9 Å². The molecule has 0 unspecified atom stereocenters. The van der Waals surface area contributed by atoms with E-state index in [0.717, 1.165) is 34.9 Å². The van der Waals surface area contributed by atoms with Crippen LogP contribution in [-0.2, 0) is 17.6 Å². The average molecular weight is 526 g/mol. The van der Waals surface area contributed by atoms with Crippen LogP contribution in [0, 0.1) is 9.49 Å². The number of rotatable bonds is 2. The number of fused-ring (bicyclic) bond motifs is 2. The molecular formula is C22H25ClIN3O2. The molecule has 2 aliphatic rings. The second-order valence-electron chi connectivity index (χ2n) is 7.71. The summed E-state index contributed by atoms with van der Waals surface area (Å²) < 4.78 is 6.23. The van der Waals surface area contributed by atoms with Gasteiger partial charge in [0.05, 0.1) is 23.0 Å². The van der Waals surface area contributed by atoms with E-state index in [-0.39, 0.29) is 12.0 Å². The van der Waals surface area contributed by atoms with Gasteiger partial charge in [0.1, 0.15) is 0 Å². The zero-order chi connectivity index (χ0) is 20.5. The molecule has 0 radical (unpaired) electrons. The van der Waals surface area contributed by atoms with Gasteiger partial charge in [0.2, 0.25) is 0 Å². The Kier molecular flexibility index (Phi) is 6.20. The minimum Gasteiger partial charge on any atom is -0.450 e. The number of nitrogens with zero attached hydrogens (tertiary/aromatic N) is 2. The number of halogens is 2. The van der Waals surface area contributed by atoms with E-state index in [1.54, 1.807) is 0 Å². The maximum atomic E-state index is 12.1. The monoisotopic (exact) mass is 525 g/mol. The Balaban J connectivity index is 1.73. The Morgan fingerprint density at radius 1 is 1.34 bits per heavy atom. The van der Waals surface area contributed by atoms with E-state index in [2.05, 4.69) is 28.7 Å². The molecule has 1 fully saturated rings. The van der Waals surface area contributed by atoms with Gasteiger partial charge in [-0.2, -0.15) is 0 Å². The van der Waals surface area contributed by atoms with Gasteiger partial charge in [-0.1, -0.05) is 17.7 Å². The summed E-state index contributed by atoms with van der Waals surface area (Å²) in [5, 5.41) is 0.628. The molecule has 1 aliphatic carbocycles. The quantitative estimate of drug-likeness (QED) is 0.442. The van der Waals surface area contributed by atoms with E-state index in [1.165, 1.54) is 16.7 Å². The SMILES string of the molecule is CCOC(=O)N1CCC([C@@H]2c3ncccc3CCc3cc(Cl)c(N)c(I)c32)CC1. The summed E-state index contributed by atoms with van der Waals surface area (Å²) in [5.41, 5.74) is 12.0. The molecule has 7 heteroatoms. The summed E-state index contributed by atoms with van der Waals surface area (Å²) in [6, 6.07) is 6.25. The van der Waals surface area contributed by atoms with E-state index < -0.39 is 0 Å².